The van der Waals surface area contributed by atoms with Gasteiger partial charge in [-0.05, 0) is 116 Å². The Labute approximate surface area is 380 Å². The van der Waals surface area contributed by atoms with E-state index in [0.717, 1.165) is 101 Å². The lowest BCUT2D eigenvalue weighted by atomic mass is 9.79. The van der Waals surface area contributed by atoms with E-state index in [4.69, 9.17) is 25.7 Å². The van der Waals surface area contributed by atoms with Crippen molar-refractivity contribution in [1.29, 1.82) is 0 Å². The molecule has 1 N–H and O–H groups in total. The van der Waals surface area contributed by atoms with Gasteiger partial charge >= 0.3 is 0 Å². The highest BCUT2D eigenvalue weighted by Crippen LogP contribution is 2.47. The van der Waals surface area contributed by atoms with Crippen LogP contribution in [0.3, 0.4) is 0 Å². The van der Waals surface area contributed by atoms with Crippen molar-refractivity contribution in [2.45, 2.75) is 94.6 Å². The highest BCUT2D eigenvalue weighted by Gasteiger charge is 2.45. The molecule has 2 aromatic heterocycles. The number of benzene rings is 4. The van der Waals surface area contributed by atoms with Gasteiger partial charge in [-0.3, -0.25) is 14.4 Å². The number of piperidine rings is 2. The Balaban J connectivity index is 0.795. The molecule has 1 amide bonds. The Morgan fingerprint density at radius 2 is 1.81 bits per heavy atom. The number of hydrogen-bond acceptors (Lipinski definition) is 12. The number of halogens is 1. The van der Waals surface area contributed by atoms with Crippen LogP contribution in [-0.2, 0) is 20.1 Å². The van der Waals surface area contributed by atoms with Crippen molar-refractivity contribution >= 4 is 99.4 Å². The molecule has 14 heteroatoms. The number of carbonyl (C=O) groups is 4. The molecule has 0 radical (unpaired) electrons. The van der Waals surface area contributed by atoms with Crippen LogP contribution in [0.4, 0.5) is 17.4 Å². The number of hydrogen-bond donors (Lipinski definition) is 1. The van der Waals surface area contributed by atoms with E-state index in [9.17, 15) is 19.2 Å². The molecule has 3 saturated heterocycles. The van der Waals surface area contributed by atoms with Gasteiger partial charge < -0.3 is 29.1 Å². The molecule has 11 nitrogen and oxygen atoms in total. The molecular weight excluding hydrogens is 854 g/mol. The summed E-state index contributed by atoms with van der Waals surface area (Å²) in [6.45, 7) is 5.61. The van der Waals surface area contributed by atoms with Crippen molar-refractivity contribution in [1.82, 2.24) is 9.29 Å². The third kappa shape index (κ3) is 8.72. The van der Waals surface area contributed by atoms with Gasteiger partial charge in [0, 0.05) is 60.5 Å². The number of fused-ring (bicyclic) bond motifs is 4. The summed E-state index contributed by atoms with van der Waals surface area (Å²) in [6.07, 6.45) is 9.45. The Morgan fingerprint density at radius 1 is 1.00 bits per heavy atom. The number of aromatic nitrogens is 1. The van der Waals surface area contributed by atoms with Gasteiger partial charge in [0.05, 0.1) is 10.6 Å². The van der Waals surface area contributed by atoms with Crippen molar-refractivity contribution in [3.05, 3.63) is 99.4 Å². The summed E-state index contributed by atoms with van der Waals surface area (Å²) >= 11 is 9.80. The van der Waals surface area contributed by atoms with Crippen LogP contribution in [0.1, 0.15) is 84.1 Å². The predicted octanol–water partition coefficient (Wildman–Crippen LogP) is 10.6. The molecule has 326 valence electrons. The monoisotopic (exact) mass is 903 g/mol. The number of thiophene rings is 1. The summed E-state index contributed by atoms with van der Waals surface area (Å²) < 4.78 is 14.4. The molecule has 3 atom stereocenters. The van der Waals surface area contributed by atoms with Gasteiger partial charge in [0.1, 0.15) is 28.3 Å². The van der Waals surface area contributed by atoms with Crippen molar-refractivity contribution < 1.29 is 28.3 Å². The number of oxazole rings is 1. The molecule has 3 aliphatic heterocycles. The lowest BCUT2D eigenvalue weighted by molar-refractivity contribution is -0.109. The van der Waals surface area contributed by atoms with Gasteiger partial charge in [-0.25, -0.2) is 4.31 Å². The molecule has 0 spiro atoms. The molecule has 63 heavy (non-hydrogen) atoms. The predicted molar refractivity (Wildman–Crippen MR) is 254 cm³/mol. The molecular formula is C49H50ClN5O6S2. The van der Waals surface area contributed by atoms with Crippen molar-refractivity contribution in [2.75, 3.05) is 34.8 Å². The van der Waals surface area contributed by atoms with Gasteiger partial charge in [-0.2, -0.15) is 4.98 Å². The largest absolute Gasteiger partial charge is 0.483 e. The molecule has 6 aromatic rings. The lowest BCUT2D eigenvalue weighted by Crippen LogP contribution is -2.59. The number of anilines is 3. The standard InChI is InChI=1S/C49H50ClN5O6S2/c1-30-6-3-10-40-39(12-13-42(45(30)40)54(29-59)31(2)7-5-19-56)33-15-17-53(18-16-33)49-52-41-22-32(11-14-43(41)61-49)28-62-55-37-24-36(25-38(55)26-37)51-35-9-4-8-34(23-35)48-46(50)47(60-21-20-57)44(27-58)63-48/h3-4,6,8-14,19-20,22-23,27,29,31,33,36-38,51H,5,7,15-18,21,24-26,28H2,1-2H3. The van der Waals surface area contributed by atoms with Gasteiger partial charge in [-0.1, -0.05) is 66.0 Å². The van der Waals surface area contributed by atoms with E-state index in [-0.39, 0.29) is 18.4 Å². The van der Waals surface area contributed by atoms with Gasteiger partial charge in [0.25, 0.3) is 6.01 Å². The number of nitrogens with one attached hydrogen (secondary N) is 1. The molecule has 10 rings (SSSR count). The normalized spacial score (nSPS) is 19.4. The number of carbonyl (C=O) groups excluding carboxylic acids is 4. The quantitative estimate of drug-likeness (QED) is 0.0654. The maximum atomic E-state index is 12.3. The zero-order chi connectivity index (χ0) is 43.6. The van der Waals surface area contributed by atoms with Crippen LogP contribution in [0.15, 0.2) is 77.2 Å². The summed E-state index contributed by atoms with van der Waals surface area (Å²) in [6, 6.07) is 27.1. The number of aldehydes is 3. The lowest BCUT2D eigenvalue weighted by Gasteiger charge is -2.54. The minimum Gasteiger partial charge on any atom is -0.483 e. The number of rotatable bonds is 18. The van der Waals surface area contributed by atoms with Crippen LogP contribution in [-0.4, -0.2) is 78.4 Å². The van der Waals surface area contributed by atoms with Crippen LogP contribution >= 0.6 is 34.9 Å². The third-order valence-electron chi connectivity index (χ3n) is 13.0. The first-order valence-corrected chi connectivity index (χ1v) is 23.9. The maximum Gasteiger partial charge on any atom is 0.298 e. The van der Waals surface area contributed by atoms with Gasteiger partial charge in [0.2, 0.25) is 6.41 Å². The highest BCUT2D eigenvalue weighted by atomic mass is 35.5. The second-order valence-electron chi connectivity index (χ2n) is 16.9. The zero-order valence-electron chi connectivity index (χ0n) is 35.3. The minimum absolute atomic E-state index is 0.0843. The summed E-state index contributed by atoms with van der Waals surface area (Å²) in [7, 11) is 0. The van der Waals surface area contributed by atoms with E-state index >= 15 is 0 Å². The van der Waals surface area contributed by atoms with Gasteiger partial charge in [-0.15, -0.1) is 11.3 Å². The molecule has 2 bridgehead atoms. The third-order valence-corrected chi connectivity index (χ3v) is 15.9. The first-order chi connectivity index (χ1) is 30.8. The van der Waals surface area contributed by atoms with E-state index in [0.29, 0.717) is 65.4 Å². The smallest absolute Gasteiger partial charge is 0.298 e. The van der Waals surface area contributed by atoms with Crippen LogP contribution in [0.25, 0.3) is 32.3 Å². The summed E-state index contributed by atoms with van der Waals surface area (Å²) in [5.41, 5.74) is 8.15. The summed E-state index contributed by atoms with van der Waals surface area (Å²) in [4.78, 5) is 56.1. The molecule has 4 fully saturated rings. The maximum absolute atomic E-state index is 12.3. The average molecular weight is 905 g/mol. The molecule has 5 heterocycles. The fraction of sp³-hybridized carbons (Fsp3) is 0.367. The second-order valence-corrected chi connectivity index (χ2v) is 19.3. The zero-order valence-corrected chi connectivity index (χ0v) is 37.7. The molecule has 4 aliphatic rings. The van der Waals surface area contributed by atoms with E-state index in [2.05, 4.69) is 82.1 Å². The SMILES string of the molecule is Cc1cccc2c(C3CCN(c4nc5cc(CSN6C7CC(Nc8cccc(-c9sc(C=O)c(OCC=O)c9Cl)c8)CC6C7)ccc5o4)CC3)ccc(N(C=O)C(C)CCC=O)c12. The van der Waals surface area contributed by atoms with Gasteiger partial charge in [0.15, 0.2) is 23.9 Å². The number of nitrogens with zero attached hydrogens (tertiary/aromatic N) is 4. The van der Waals surface area contributed by atoms with Crippen LogP contribution < -0.4 is 19.9 Å². The average Bonchev–Trinajstić information content (AvgIpc) is 3.88. The Hall–Kier alpha value is -5.21. The molecule has 1 saturated carbocycles. The van der Waals surface area contributed by atoms with Crippen molar-refractivity contribution in [2.24, 2.45) is 0 Å². The number of aryl methyl sites for hydroxylation is 1. The Kier molecular flexibility index (Phi) is 12.9. The van der Waals surface area contributed by atoms with Crippen molar-refractivity contribution in [3.63, 3.8) is 0 Å². The molecule has 1 aliphatic carbocycles. The number of ether oxygens (including phenoxy) is 1. The minimum atomic E-state index is -0.162. The van der Waals surface area contributed by atoms with Crippen LogP contribution in [0.2, 0.25) is 5.02 Å². The van der Waals surface area contributed by atoms with Crippen LogP contribution in [0.5, 0.6) is 5.75 Å². The molecule has 3 unspecified atom stereocenters. The fourth-order valence-corrected chi connectivity index (χ4v) is 12.4. The van der Waals surface area contributed by atoms with E-state index in [1.807, 2.05) is 31.0 Å². The fourth-order valence-electron chi connectivity index (χ4n) is 9.80. The first kappa shape index (κ1) is 43.1. The summed E-state index contributed by atoms with van der Waals surface area (Å²) in [5.74, 6) is 1.49. The Morgan fingerprint density at radius 3 is 2.57 bits per heavy atom. The highest BCUT2D eigenvalue weighted by molar-refractivity contribution is 7.96. The Bertz CT molecular complexity index is 2650. The molecule has 4 aromatic carbocycles. The van der Waals surface area contributed by atoms with E-state index in [1.54, 1.807) is 4.90 Å². The van der Waals surface area contributed by atoms with E-state index < -0.39 is 0 Å². The number of amides is 1. The topological polar surface area (TPSA) is 125 Å². The van der Waals surface area contributed by atoms with Crippen molar-refractivity contribution in [3.8, 4) is 16.2 Å². The second kappa shape index (κ2) is 18.9. The summed E-state index contributed by atoms with van der Waals surface area (Å²) in [5, 5.41) is 6.39. The van der Waals surface area contributed by atoms with E-state index in [1.165, 1.54) is 34.3 Å². The first-order valence-electron chi connectivity index (χ1n) is 21.7. The van der Waals surface area contributed by atoms with Crippen LogP contribution in [0, 0.1) is 6.92 Å².